The number of aromatic amines is 1. The first-order chi connectivity index (χ1) is 8.88. The molecule has 0 spiro atoms. The van der Waals surface area contributed by atoms with Gasteiger partial charge in [-0.25, -0.2) is 4.79 Å². The summed E-state index contributed by atoms with van der Waals surface area (Å²) in [5.74, 6) is 0. The number of nitrogens with one attached hydrogen (secondary N) is 1. The molecule has 0 atom stereocenters. The second-order valence-electron chi connectivity index (χ2n) is 6.31. The van der Waals surface area contributed by atoms with Crippen LogP contribution in [0.2, 0.25) is 25.7 Å². The summed E-state index contributed by atoms with van der Waals surface area (Å²) < 4.78 is 7.19. The number of ether oxygens (including phenoxy) is 1. The minimum Gasteiger partial charge on any atom is -0.361 e. The van der Waals surface area contributed by atoms with E-state index in [2.05, 4.69) is 24.6 Å². The molecule has 0 fully saturated rings. The van der Waals surface area contributed by atoms with Crippen molar-refractivity contribution in [3.8, 4) is 0 Å². The van der Waals surface area contributed by atoms with Crippen LogP contribution in [0.15, 0.2) is 9.59 Å². The number of fused-ring (bicyclic) bond motifs is 1. The minimum absolute atomic E-state index is 0.226. The van der Waals surface area contributed by atoms with Crippen LogP contribution in [0.4, 0.5) is 0 Å². The van der Waals surface area contributed by atoms with Crippen LogP contribution in [0, 0.1) is 0 Å². The summed E-state index contributed by atoms with van der Waals surface area (Å²) in [5, 5.41) is 0. The zero-order valence-electron chi connectivity index (χ0n) is 11.9. The average Bonchev–Trinajstić information content (AvgIpc) is 2.75. The van der Waals surface area contributed by atoms with Gasteiger partial charge in [-0.2, -0.15) is 0 Å². The first-order valence-corrected chi connectivity index (χ1v) is 10.5. The predicted octanol–water partition coefficient (Wildman–Crippen LogP) is 1.34. The molecule has 1 aromatic heterocycles. The van der Waals surface area contributed by atoms with Crippen molar-refractivity contribution in [2.24, 2.45) is 0 Å². The van der Waals surface area contributed by atoms with Crippen LogP contribution in [0.5, 0.6) is 0 Å². The van der Waals surface area contributed by atoms with Crippen LogP contribution in [-0.4, -0.2) is 24.2 Å². The third kappa shape index (κ3) is 3.45. The molecule has 5 nitrogen and oxygen atoms in total. The van der Waals surface area contributed by atoms with E-state index in [0.717, 1.165) is 36.6 Å². The molecule has 6 heteroatoms. The highest BCUT2D eigenvalue weighted by Gasteiger charge is 2.20. The summed E-state index contributed by atoms with van der Waals surface area (Å²) in [5.41, 5.74) is 1.05. The molecular weight excluding hydrogens is 260 g/mol. The number of H-pyrrole nitrogens is 1. The number of hydrogen-bond donors (Lipinski definition) is 1. The van der Waals surface area contributed by atoms with Gasteiger partial charge in [-0.05, 0) is 25.3 Å². The molecule has 106 valence electrons. The van der Waals surface area contributed by atoms with Gasteiger partial charge < -0.3 is 4.74 Å². The van der Waals surface area contributed by atoms with Gasteiger partial charge in [-0.1, -0.05) is 19.6 Å². The Hall–Kier alpha value is -1.14. The van der Waals surface area contributed by atoms with Crippen LogP contribution in [0.3, 0.4) is 0 Å². The molecule has 1 aromatic rings. The quantitative estimate of drug-likeness (QED) is 0.655. The van der Waals surface area contributed by atoms with Gasteiger partial charge in [0.1, 0.15) is 6.73 Å². The Labute approximate surface area is 113 Å². The van der Waals surface area contributed by atoms with Crippen molar-refractivity contribution >= 4 is 8.07 Å². The first-order valence-electron chi connectivity index (χ1n) is 6.81. The highest BCUT2D eigenvalue weighted by Crippen LogP contribution is 2.16. The molecule has 0 amide bonds. The predicted molar refractivity (Wildman–Crippen MR) is 77.5 cm³/mol. The van der Waals surface area contributed by atoms with E-state index in [1.165, 1.54) is 0 Å². The molecule has 1 aliphatic rings. The maximum Gasteiger partial charge on any atom is 0.330 e. The maximum atomic E-state index is 11.8. The standard InChI is InChI=1S/C13H22N2O3Si/c1-19(2,3)8-7-18-9-15-11-6-4-5-10(11)12(16)14-13(15)17/h4-9H2,1-3H3,(H,14,16,17). The lowest BCUT2D eigenvalue weighted by molar-refractivity contribution is 0.0817. The lowest BCUT2D eigenvalue weighted by Gasteiger charge is -2.16. The highest BCUT2D eigenvalue weighted by atomic mass is 28.3. The van der Waals surface area contributed by atoms with E-state index in [-0.39, 0.29) is 18.0 Å². The summed E-state index contributed by atoms with van der Waals surface area (Å²) >= 11 is 0. The van der Waals surface area contributed by atoms with Gasteiger partial charge >= 0.3 is 5.69 Å². The van der Waals surface area contributed by atoms with Crippen molar-refractivity contribution in [2.45, 2.75) is 51.7 Å². The Morgan fingerprint density at radius 2 is 2.00 bits per heavy atom. The number of rotatable bonds is 5. The minimum atomic E-state index is -1.11. The normalized spacial score (nSPS) is 14.7. The molecule has 0 aliphatic heterocycles. The van der Waals surface area contributed by atoms with E-state index in [9.17, 15) is 9.59 Å². The van der Waals surface area contributed by atoms with Gasteiger partial charge in [0, 0.05) is 25.9 Å². The smallest absolute Gasteiger partial charge is 0.330 e. The van der Waals surface area contributed by atoms with Crippen LogP contribution < -0.4 is 11.2 Å². The second kappa shape index (κ2) is 5.46. The van der Waals surface area contributed by atoms with E-state index in [4.69, 9.17) is 4.74 Å². The molecular formula is C13H22N2O3Si. The molecule has 0 radical (unpaired) electrons. The van der Waals surface area contributed by atoms with Crippen LogP contribution >= 0.6 is 0 Å². The Morgan fingerprint density at radius 1 is 1.26 bits per heavy atom. The Morgan fingerprint density at radius 3 is 2.68 bits per heavy atom. The summed E-state index contributed by atoms with van der Waals surface area (Å²) in [4.78, 5) is 25.8. The fraction of sp³-hybridized carbons (Fsp3) is 0.692. The van der Waals surface area contributed by atoms with E-state index in [0.29, 0.717) is 6.61 Å². The van der Waals surface area contributed by atoms with Crippen molar-refractivity contribution in [1.29, 1.82) is 0 Å². The van der Waals surface area contributed by atoms with Gasteiger partial charge in [0.05, 0.1) is 0 Å². The van der Waals surface area contributed by atoms with Crippen molar-refractivity contribution in [3.05, 3.63) is 32.1 Å². The molecule has 0 saturated carbocycles. The lowest BCUT2D eigenvalue weighted by Crippen LogP contribution is -2.34. The maximum absolute atomic E-state index is 11.8. The van der Waals surface area contributed by atoms with Crippen LogP contribution in [-0.2, 0) is 24.3 Å². The van der Waals surface area contributed by atoms with Gasteiger partial charge in [-0.3, -0.25) is 14.3 Å². The van der Waals surface area contributed by atoms with Crippen molar-refractivity contribution in [2.75, 3.05) is 6.61 Å². The van der Waals surface area contributed by atoms with Crippen LogP contribution in [0.25, 0.3) is 0 Å². The SMILES string of the molecule is C[Si](C)(C)CCOCn1c2c(c(=O)[nH]c1=O)CCC2. The largest absolute Gasteiger partial charge is 0.361 e. The molecule has 19 heavy (non-hydrogen) atoms. The first kappa shape index (κ1) is 14.3. The topological polar surface area (TPSA) is 64.1 Å². The van der Waals surface area contributed by atoms with Gasteiger partial charge in [0.15, 0.2) is 0 Å². The van der Waals surface area contributed by atoms with Crippen molar-refractivity contribution < 1.29 is 4.74 Å². The lowest BCUT2D eigenvalue weighted by atomic mass is 10.2. The van der Waals surface area contributed by atoms with Gasteiger partial charge in [0.25, 0.3) is 5.56 Å². The number of aromatic nitrogens is 2. The Balaban J connectivity index is 2.08. The molecule has 0 aromatic carbocycles. The summed E-state index contributed by atoms with van der Waals surface area (Å²) in [6.07, 6.45) is 2.50. The molecule has 1 heterocycles. The van der Waals surface area contributed by atoms with Crippen molar-refractivity contribution in [3.63, 3.8) is 0 Å². The Kier molecular flexibility index (Phi) is 4.10. The molecule has 0 unspecified atom stereocenters. The third-order valence-electron chi connectivity index (χ3n) is 3.47. The summed E-state index contributed by atoms with van der Waals surface area (Å²) in [6.45, 7) is 7.80. The van der Waals surface area contributed by atoms with Gasteiger partial charge in [0.2, 0.25) is 0 Å². The summed E-state index contributed by atoms with van der Waals surface area (Å²) in [6, 6.07) is 1.08. The second-order valence-corrected chi connectivity index (χ2v) is 11.9. The zero-order chi connectivity index (χ0) is 14.0. The Bertz CT molecular complexity index is 569. The highest BCUT2D eigenvalue weighted by molar-refractivity contribution is 6.76. The van der Waals surface area contributed by atoms with Gasteiger partial charge in [-0.15, -0.1) is 0 Å². The van der Waals surface area contributed by atoms with Crippen molar-refractivity contribution in [1.82, 2.24) is 9.55 Å². The molecule has 1 aliphatic carbocycles. The average molecular weight is 282 g/mol. The fourth-order valence-electron chi connectivity index (χ4n) is 2.30. The van der Waals surface area contributed by atoms with E-state index in [1.54, 1.807) is 4.57 Å². The van der Waals surface area contributed by atoms with E-state index < -0.39 is 8.07 Å². The zero-order valence-corrected chi connectivity index (χ0v) is 12.9. The number of hydrogen-bond acceptors (Lipinski definition) is 3. The molecule has 2 rings (SSSR count). The third-order valence-corrected chi connectivity index (χ3v) is 5.18. The van der Waals surface area contributed by atoms with Crippen LogP contribution in [0.1, 0.15) is 17.7 Å². The number of nitrogens with zero attached hydrogens (tertiary/aromatic N) is 1. The molecule has 0 bridgehead atoms. The van der Waals surface area contributed by atoms with E-state index >= 15 is 0 Å². The summed E-state index contributed by atoms with van der Waals surface area (Å²) in [7, 11) is -1.11. The fourth-order valence-corrected chi connectivity index (χ4v) is 3.06. The molecule has 1 N–H and O–H groups in total. The monoisotopic (exact) mass is 282 g/mol. The molecule has 0 saturated heterocycles. The van der Waals surface area contributed by atoms with E-state index in [1.807, 2.05) is 0 Å².